The normalized spacial score (nSPS) is 11.0. The number of nitrogens with two attached hydrogens (primary N) is 1. The topological polar surface area (TPSA) is 88.0 Å². The third-order valence-electron chi connectivity index (χ3n) is 3.10. The molecule has 7 heteroatoms. The molecule has 2 heterocycles. The average molecular weight is 291 g/mol. The summed E-state index contributed by atoms with van der Waals surface area (Å²) in [5.41, 5.74) is 6.75. The molecule has 2 N–H and O–H groups in total. The zero-order chi connectivity index (χ0) is 15.4. The molecular formula is C14H21N5O2. The fourth-order valence-corrected chi connectivity index (χ4v) is 2.09. The predicted molar refractivity (Wildman–Crippen MR) is 78.7 cm³/mol. The molecule has 2 aromatic rings. The lowest BCUT2D eigenvalue weighted by atomic mass is 10.3. The minimum atomic E-state index is -0.411. The first kappa shape index (κ1) is 15.1. The Hall–Kier alpha value is -2.31. The van der Waals surface area contributed by atoms with Crippen LogP contribution in [0.1, 0.15) is 49.5 Å². The highest BCUT2D eigenvalue weighted by atomic mass is 16.5. The number of esters is 1. The number of aromatic nitrogens is 4. The van der Waals surface area contributed by atoms with Crippen LogP contribution in [0.25, 0.3) is 0 Å². The fraction of sp³-hybridized carbons (Fsp3) is 0.500. The lowest BCUT2D eigenvalue weighted by Crippen LogP contribution is -2.15. The van der Waals surface area contributed by atoms with Gasteiger partial charge in [-0.25, -0.2) is 14.5 Å². The molecule has 0 fully saturated rings. The van der Waals surface area contributed by atoms with Gasteiger partial charge in [-0.15, -0.1) is 0 Å². The first-order valence-electron chi connectivity index (χ1n) is 7.04. The van der Waals surface area contributed by atoms with Crippen LogP contribution in [0, 0.1) is 0 Å². The lowest BCUT2D eigenvalue weighted by molar-refractivity contribution is 0.0442. The molecule has 0 aromatic carbocycles. The molecule has 0 spiro atoms. The summed E-state index contributed by atoms with van der Waals surface area (Å²) in [4.78, 5) is 16.3. The van der Waals surface area contributed by atoms with Crippen LogP contribution in [0.4, 0.5) is 5.69 Å². The van der Waals surface area contributed by atoms with Gasteiger partial charge in [0.05, 0.1) is 5.69 Å². The van der Waals surface area contributed by atoms with Crippen LogP contribution >= 0.6 is 0 Å². The Morgan fingerprint density at radius 3 is 2.90 bits per heavy atom. The summed E-state index contributed by atoms with van der Waals surface area (Å²) < 4.78 is 8.86. The van der Waals surface area contributed by atoms with E-state index in [1.807, 2.05) is 13.8 Å². The number of rotatable bonds is 6. The maximum atomic E-state index is 12.2. The van der Waals surface area contributed by atoms with E-state index in [1.165, 1.54) is 6.33 Å². The van der Waals surface area contributed by atoms with Crippen LogP contribution in [0.2, 0.25) is 0 Å². The van der Waals surface area contributed by atoms with Crippen molar-refractivity contribution in [3.05, 3.63) is 30.1 Å². The van der Waals surface area contributed by atoms with E-state index in [2.05, 4.69) is 17.0 Å². The van der Waals surface area contributed by atoms with Crippen molar-refractivity contribution in [1.29, 1.82) is 0 Å². The van der Waals surface area contributed by atoms with Gasteiger partial charge in [0.15, 0.2) is 12.4 Å². The van der Waals surface area contributed by atoms with E-state index in [0.717, 1.165) is 13.0 Å². The van der Waals surface area contributed by atoms with Crippen molar-refractivity contribution in [1.82, 2.24) is 19.3 Å². The number of hydrogen-bond acceptors (Lipinski definition) is 5. The van der Waals surface area contributed by atoms with Crippen molar-refractivity contribution in [3.63, 3.8) is 0 Å². The van der Waals surface area contributed by atoms with E-state index in [1.54, 1.807) is 21.5 Å². The van der Waals surface area contributed by atoms with Crippen LogP contribution in [-0.2, 0) is 17.9 Å². The molecular weight excluding hydrogens is 270 g/mol. The quantitative estimate of drug-likeness (QED) is 0.822. The van der Waals surface area contributed by atoms with Crippen LogP contribution in [-0.4, -0.2) is 25.3 Å². The first-order valence-corrected chi connectivity index (χ1v) is 7.04. The SMILES string of the molecule is CCCn1ncnc1COC(=O)c1cc(N)cn1C(C)C. The molecule has 0 radical (unpaired) electrons. The van der Waals surface area contributed by atoms with Crippen molar-refractivity contribution >= 4 is 11.7 Å². The largest absolute Gasteiger partial charge is 0.453 e. The minimum absolute atomic E-state index is 0.0992. The van der Waals surface area contributed by atoms with Gasteiger partial charge in [0.2, 0.25) is 0 Å². The van der Waals surface area contributed by atoms with Gasteiger partial charge in [0.25, 0.3) is 0 Å². The molecule has 2 aromatic heterocycles. The van der Waals surface area contributed by atoms with Gasteiger partial charge < -0.3 is 15.0 Å². The molecule has 7 nitrogen and oxygen atoms in total. The molecule has 0 aliphatic rings. The van der Waals surface area contributed by atoms with Crippen LogP contribution < -0.4 is 5.73 Å². The Balaban J connectivity index is 2.06. The molecule has 0 unspecified atom stereocenters. The van der Waals surface area contributed by atoms with Gasteiger partial charge in [0.1, 0.15) is 12.0 Å². The Morgan fingerprint density at radius 2 is 2.24 bits per heavy atom. The van der Waals surface area contributed by atoms with E-state index >= 15 is 0 Å². The second kappa shape index (κ2) is 6.43. The number of carbonyl (C=O) groups excluding carboxylic acids is 1. The van der Waals surface area contributed by atoms with Crippen LogP contribution in [0.5, 0.6) is 0 Å². The molecule has 114 valence electrons. The highest BCUT2D eigenvalue weighted by Gasteiger charge is 2.17. The van der Waals surface area contributed by atoms with Crippen molar-refractivity contribution in [2.75, 3.05) is 5.73 Å². The highest BCUT2D eigenvalue weighted by Crippen LogP contribution is 2.17. The number of nitrogen functional groups attached to an aromatic ring is 1. The van der Waals surface area contributed by atoms with Crippen molar-refractivity contribution < 1.29 is 9.53 Å². The molecule has 0 aliphatic carbocycles. The summed E-state index contributed by atoms with van der Waals surface area (Å²) in [6.45, 7) is 6.86. The Labute approximate surface area is 123 Å². The number of hydrogen-bond donors (Lipinski definition) is 1. The molecule has 0 saturated carbocycles. The van der Waals surface area contributed by atoms with Gasteiger partial charge in [-0.05, 0) is 26.3 Å². The molecule has 2 rings (SSSR count). The summed E-state index contributed by atoms with van der Waals surface area (Å²) in [6.07, 6.45) is 4.14. The van der Waals surface area contributed by atoms with Crippen LogP contribution in [0.15, 0.2) is 18.6 Å². The predicted octanol–water partition coefficient (Wildman–Crippen LogP) is 2.01. The number of aryl methyl sites for hydroxylation is 1. The molecule has 0 atom stereocenters. The van der Waals surface area contributed by atoms with E-state index in [9.17, 15) is 4.79 Å². The first-order chi connectivity index (χ1) is 10.0. The average Bonchev–Trinajstić information content (AvgIpc) is 3.03. The molecule has 0 aliphatic heterocycles. The summed E-state index contributed by atoms with van der Waals surface area (Å²) in [5.74, 6) is 0.229. The Kier molecular flexibility index (Phi) is 4.62. The van der Waals surface area contributed by atoms with Crippen LogP contribution in [0.3, 0.4) is 0 Å². The number of ether oxygens (including phenoxy) is 1. The Bertz CT molecular complexity index is 615. The molecule has 0 saturated heterocycles. The van der Waals surface area contributed by atoms with Gasteiger partial charge in [-0.1, -0.05) is 6.92 Å². The van der Waals surface area contributed by atoms with Crippen molar-refractivity contribution in [2.24, 2.45) is 0 Å². The number of nitrogens with zero attached hydrogens (tertiary/aromatic N) is 4. The molecule has 0 amide bonds. The van der Waals surface area contributed by atoms with E-state index < -0.39 is 5.97 Å². The highest BCUT2D eigenvalue weighted by molar-refractivity contribution is 5.89. The second-order valence-electron chi connectivity index (χ2n) is 5.14. The molecule has 0 bridgehead atoms. The van der Waals surface area contributed by atoms with E-state index in [-0.39, 0.29) is 12.6 Å². The number of carbonyl (C=O) groups is 1. The zero-order valence-corrected chi connectivity index (χ0v) is 12.6. The van der Waals surface area contributed by atoms with Crippen molar-refractivity contribution in [3.8, 4) is 0 Å². The minimum Gasteiger partial charge on any atom is -0.453 e. The third kappa shape index (κ3) is 3.42. The summed E-state index contributed by atoms with van der Waals surface area (Å²) >= 11 is 0. The maximum Gasteiger partial charge on any atom is 0.355 e. The Morgan fingerprint density at radius 1 is 1.48 bits per heavy atom. The zero-order valence-electron chi connectivity index (χ0n) is 12.6. The number of anilines is 1. The van der Waals surface area contributed by atoms with E-state index in [4.69, 9.17) is 10.5 Å². The van der Waals surface area contributed by atoms with Crippen molar-refractivity contribution in [2.45, 2.75) is 46.4 Å². The van der Waals surface area contributed by atoms with Gasteiger partial charge in [-0.3, -0.25) is 0 Å². The fourth-order valence-electron chi connectivity index (χ4n) is 2.09. The second-order valence-corrected chi connectivity index (χ2v) is 5.14. The lowest BCUT2D eigenvalue weighted by Gasteiger charge is -2.12. The summed E-state index contributed by atoms with van der Waals surface area (Å²) in [5, 5.41) is 4.10. The van der Waals surface area contributed by atoms with E-state index in [0.29, 0.717) is 17.2 Å². The van der Waals surface area contributed by atoms with Gasteiger partial charge in [-0.2, -0.15) is 5.10 Å². The monoisotopic (exact) mass is 291 g/mol. The maximum absolute atomic E-state index is 12.2. The summed E-state index contributed by atoms with van der Waals surface area (Å²) in [6, 6.07) is 1.76. The smallest absolute Gasteiger partial charge is 0.355 e. The standard InChI is InChI=1S/C14H21N5O2/c1-4-5-19-13(16-9-17-19)8-21-14(20)12-6-11(15)7-18(12)10(2)3/h6-7,9-10H,4-5,8,15H2,1-3H3. The van der Waals surface area contributed by atoms with Gasteiger partial charge in [0, 0.05) is 18.8 Å². The summed E-state index contributed by atoms with van der Waals surface area (Å²) in [7, 11) is 0. The van der Waals surface area contributed by atoms with Gasteiger partial charge >= 0.3 is 5.97 Å². The third-order valence-corrected chi connectivity index (χ3v) is 3.10. The molecule has 21 heavy (non-hydrogen) atoms.